The molecule has 0 atom stereocenters. The summed E-state index contributed by atoms with van der Waals surface area (Å²) in [4.78, 5) is 18.5. The normalized spacial score (nSPS) is 11.5. The zero-order valence-corrected chi connectivity index (χ0v) is 17.0. The summed E-state index contributed by atoms with van der Waals surface area (Å²) in [6, 6.07) is 9.48. The molecule has 0 spiro atoms. The van der Waals surface area contributed by atoms with Crippen LogP contribution in [0.3, 0.4) is 0 Å². The minimum absolute atomic E-state index is 0.0762. The highest BCUT2D eigenvalue weighted by molar-refractivity contribution is 6.33. The zero-order chi connectivity index (χ0) is 22.8. The summed E-state index contributed by atoms with van der Waals surface area (Å²) in [5.41, 5.74) is -0.779. The minimum Gasteiger partial charge on any atom is -0.434 e. The Kier molecular flexibility index (Phi) is 6.30. The maximum Gasteiger partial charge on any atom is 0.416 e. The fraction of sp³-hybridized carbons (Fsp3) is 0.200. The van der Waals surface area contributed by atoms with E-state index in [-0.39, 0.29) is 28.3 Å². The first-order chi connectivity index (χ1) is 14.6. The second-order valence-electron chi connectivity index (χ2n) is 6.78. The van der Waals surface area contributed by atoms with Gasteiger partial charge in [-0.1, -0.05) is 37.6 Å². The van der Waals surface area contributed by atoms with Crippen LogP contribution in [0, 0.1) is 10.1 Å². The minimum atomic E-state index is -4.62. The second kappa shape index (κ2) is 8.76. The van der Waals surface area contributed by atoms with Gasteiger partial charge in [0, 0.05) is 0 Å². The van der Waals surface area contributed by atoms with Crippen molar-refractivity contribution < 1.29 is 22.8 Å². The molecular weight excluding hydrogens is 437 g/mol. The highest BCUT2D eigenvalue weighted by Gasteiger charge is 2.32. The molecule has 0 aliphatic carbocycles. The van der Waals surface area contributed by atoms with Crippen molar-refractivity contribution >= 4 is 28.8 Å². The third-order valence-electron chi connectivity index (χ3n) is 4.28. The SMILES string of the molecule is CC(C)c1ccc(Oc2ncnc(Nc3cc(C(F)(F)F)ccc3Cl)c2[N+](=O)[O-])cc1. The topological polar surface area (TPSA) is 90.2 Å². The van der Waals surface area contributed by atoms with E-state index in [0.717, 1.165) is 30.1 Å². The Bertz CT molecular complexity index is 1110. The first kappa shape index (κ1) is 22.3. The smallest absolute Gasteiger partial charge is 0.416 e. The number of halogens is 4. The average molecular weight is 453 g/mol. The third kappa shape index (κ3) is 5.21. The Morgan fingerprint density at radius 2 is 1.81 bits per heavy atom. The molecule has 0 amide bonds. The first-order valence-electron chi connectivity index (χ1n) is 8.97. The standard InChI is InChI=1S/C20H16ClF3N4O3/c1-11(2)12-3-6-14(7-4-12)31-19-17(28(29)30)18(25-10-26-19)27-16-9-13(20(22,23)24)5-8-15(16)21/h3-11H,1-2H3,(H,25,26,27). The van der Waals surface area contributed by atoms with Gasteiger partial charge in [-0.05, 0) is 41.8 Å². The lowest BCUT2D eigenvalue weighted by atomic mass is 10.0. The van der Waals surface area contributed by atoms with Gasteiger partial charge in [0.05, 0.1) is 21.2 Å². The number of hydrogen-bond donors (Lipinski definition) is 1. The quantitative estimate of drug-likeness (QED) is 0.330. The van der Waals surface area contributed by atoms with Gasteiger partial charge in [-0.3, -0.25) is 10.1 Å². The molecule has 3 aromatic rings. The van der Waals surface area contributed by atoms with Crippen molar-refractivity contribution in [2.45, 2.75) is 25.9 Å². The lowest BCUT2D eigenvalue weighted by molar-refractivity contribution is -0.385. The van der Waals surface area contributed by atoms with Crippen LogP contribution in [0.2, 0.25) is 5.02 Å². The highest BCUT2D eigenvalue weighted by atomic mass is 35.5. The summed E-state index contributed by atoms with van der Waals surface area (Å²) in [7, 11) is 0. The highest BCUT2D eigenvalue weighted by Crippen LogP contribution is 2.39. The third-order valence-corrected chi connectivity index (χ3v) is 4.61. The number of aromatic nitrogens is 2. The number of hydrogen-bond acceptors (Lipinski definition) is 6. The van der Waals surface area contributed by atoms with E-state index in [1.807, 2.05) is 26.0 Å². The first-order valence-corrected chi connectivity index (χ1v) is 9.35. The van der Waals surface area contributed by atoms with Crippen LogP contribution in [-0.2, 0) is 6.18 Å². The van der Waals surface area contributed by atoms with E-state index in [1.54, 1.807) is 12.1 Å². The molecule has 0 aliphatic rings. The molecule has 1 heterocycles. The lowest BCUT2D eigenvalue weighted by Crippen LogP contribution is -2.07. The molecule has 0 fully saturated rings. The fourth-order valence-corrected chi connectivity index (χ4v) is 2.82. The zero-order valence-electron chi connectivity index (χ0n) is 16.3. The number of ether oxygens (including phenoxy) is 1. The number of alkyl halides is 3. The maximum absolute atomic E-state index is 13.0. The monoisotopic (exact) mass is 452 g/mol. The van der Waals surface area contributed by atoms with E-state index >= 15 is 0 Å². The van der Waals surface area contributed by atoms with Crippen LogP contribution >= 0.6 is 11.6 Å². The molecule has 7 nitrogen and oxygen atoms in total. The number of nitrogens with one attached hydrogen (secondary N) is 1. The molecule has 2 aromatic carbocycles. The Balaban J connectivity index is 1.97. The van der Waals surface area contributed by atoms with Gasteiger partial charge in [-0.2, -0.15) is 18.2 Å². The van der Waals surface area contributed by atoms with Gasteiger partial charge >= 0.3 is 17.7 Å². The van der Waals surface area contributed by atoms with Gasteiger partial charge in [0.2, 0.25) is 5.82 Å². The van der Waals surface area contributed by atoms with Crippen molar-refractivity contribution in [3.63, 3.8) is 0 Å². The Hall–Kier alpha value is -3.40. The van der Waals surface area contributed by atoms with Crippen molar-refractivity contribution in [1.82, 2.24) is 9.97 Å². The Morgan fingerprint density at radius 1 is 1.13 bits per heavy atom. The summed E-state index contributed by atoms with van der Waals surface area (Å²) >= 11 is 5.96. The summed E-state index contributed by atoms with van der Waals surface area (Å²) in [6.07, 6.45) is -3.62. The predicted molar refractivity (Wildman–Crippen MR) is 109 cm³/mol. The summed E-state index contributed by atoms with van der Waals surface area (Å²) in [6.45, 7) is 4.03. The number of nitrogens with zero attached hydrogens (tertiary/aromatic N) is 3. The van der Waals surface area contributed by atoms with Crippen LogP contribution in [0.4, 0.5) is 30.4 Å². The van der Waals surface area contributed by atoms with Gasteiger partial charge < -0.3 is 10.1 Å². The summed E-state index contributed by atoms with van der Waals surface area (Å²) in [5, 5.41) is 14.1. The largest absolute Gasteiger partial charge is 0.434 e. The molecule has 1 N–H and O–H groups in total. The van der Waals surface area contributed by atoms with Gasteiger partial charge in [0.1, 0.15) is 12.1 Å². The molecule has 3 rings (SSSR count). The molecule has 11 heteroatoms. The van der Waals surface area contributed by atoms with Crippen LogP contribution in [0.5, 0.6) is 11.6 Å². The van der Waals surface area contributed by atoms with E-state index in [0.29, 0.717) is 5.75 Å². The van der Waals surface area contributed by atoms with Gasteiger partial charge in [0.25, 0.3) is 0 Å². The Labute approximate surface area is 180 Å². The number of benzene rings is 2. The van der Waals surface area contributed by atoms with Crippen molar-refractivity contribution in [2.75, 3.05) is 5.32 Å². The van der Waals surface area contributed by atoms with Crippen molar-refractivity contribution in [3.05, 3.63) is 75.1 Å². The molecule has 31 heavy (non-hydrogen) atoms. The fourth-order valence-electron chi connectivity index (χ4n) is 2.65. The predicted octanol–water partition coefficient (Wildman–Crippen LogP) is 6.72. The number of nitro groups is 1. The molecule has 162 valence electrons. The lowest BCUT2D eigenvalue weighted by Gasteiger charge is -2.13. The number of rotatable bonds is 6. The Morgan fingerprint density at radius 3 is 2.39 bits per heavy atom. The summed E-state index contributed by atoms with van der Waals surface area (Å²) in [5.74, 6) is -0.150. The van der Waals surface area contributed by atoms with E-state index < -0.39 is 22.4 Å². The van der Waals surface area contributed by atoms with Crippen LogP contribution in [0.1, 0.15) is 30.9 Å². The molecule has 0 unspecified atom stereocenters. The molecule has 1 aromatic heterocycles. The van der Waals surface area contributed by atoms with Crippen LogP contribution < -0.4 is 10.1 Å². The van der Waals surface area contributed by atoms with Gasteiger partial charge in [0.15, 0.2) is 0 Å². The average Bonchev–Trinajstić information content (AvgIpc) is 2.69. The van der Waals surface area contributed by atoms with E-state index in [9.17, 15) is 23.3 Å². The maximum atomic E-state index is 13.0. The van der Waals surface area contributed by atoms with E-state index in [1.165, 1.54) is 0 Å². The molecule has 0 aliphatic heterocycles. The molecule has 0 radical (unpaired) electrons. The van der Waals surface area contributed by atoms with Crippen molar-refractivity contribution in [2.24, 2.45) is 0 Å². The van der Waals surface area contributed by atoms with Crippen molar-refractivity contribution in [1.29, 1.82) is 0 Å². The number of anilines is 2. The van der Waals surface area contributed by atoms with E-state index in [2.05, 4.69) is 15.3 Å². The molecule has 0 saturated heterocycles. The van der Waals surface area contributed by atoms with Crippen molar-refractivity contribution in [3.8, 4) is 11.6 Å². The summed E-state index contributed by atoms with van der Waals surface area (Å²) < 4.78 is 44.6. The molecule has 0 saturated carbocycles. The van der Waals surface area contributed by atoms with Gasteiger partial charge in [-0.25, -0.2) is 4.98 Å². The molecular formula is C20H16ClF3N4O3. The van der Waals surface area contributed by atoms with E-state index in [4.69, 9.17) is 16.3 Å². The van der Waals surface area contributed by atoms with Gasteiger partial charge in [-0.15, -0.1) is 0 Å². The van der Waals surface area contributed by atoms with Crippen LogP contribution in [0.25, 0.3) is 0 Å². The van der Waals surface area contributed by atoms with Crippen LogP contribution in [-0.4, -0.2) is 14.9 Å². The molecule has 0 bridgehead atoms. The van der Waals surface area contributed by atoms with Crippen LogP contribution in [0.15, 0.2) is 48.8 Å². The second-order valence-corrected chi connectivity index (χ2v) is 7.18.